The van der Waals surface area contributed by atoms with Crippen molar-refractivity contribution in [2.45, 2.75) is 25.8 Å². The lowest BCUT2D eigenvalue weighted by molar-refractivity contribution is 0.0643. The Morgan fingerprint density at radius 3 is 2.73 bits per heavy atom. The number of nitrogens with one attached hydrogen (secondary N) is 2. The van der Waals surface area contributed by atoms with Crippen LogP contribution >= 0.6 is 0 Å². The summed E-state index contributed by atoms with van der Waals surface area (Å²) in [6, 6.07) is 5.65. The van der Waals surface area contributed by atoms with Gasteiger partial charge in [-0.15, -0.1) is 0 Å². The van der Waals surface area contributed by atoms with Crippen molar-refractivity contribution >= 4 is 28.7 Å². The minimum atomic E-state index is -0.522. The number of rotatable bonds is 5. The van der Waals surface area contributed by atoms with E-state index >= 15 is 0 Å². The Hall–Kier alpha value is -4.85. The lowest BCUT2D eigenvalue weighted by Gasteiger charge is -2.34. The molecule has 1 saturated heterocycles. The Morgan fingerprint density at radius 1 is 1.18 bits per heavy atom. The topological polar surface area (TPSA) is 166 Å². The van der Waals surface area contributed by atoms with Gasteiger partial charge >= 0.3 is 5.69 Å². The molecule has 1 aliphatic carbocycles. The molecule has 5 heterocycles. The molecular formula is C26H27N11O3. The fourth-order valence-corrected chi connectivity index (χ4v) is 4.93. The Bertz CT molecular complexity index is 1940. The largest absolute Gasteiger partial charge is 0.493 e. The van der Waals surface area contributed by atoms with E-state index in [0.29, 0.717) is 46.6 Å². The first-order chi connectivity index (χ1) is 19.5. The van der Waals surface area contributed by atoms with Gasteiger partial charge in [0.25, 0.3) is 11.5 Å². The van der Waals surface area contributed by atoms with E-state index in [1.54, 1.807) is 33.7 Å². The van der Waals surface area contributed by atoms with E-state index in [9.17, 15) is 14.7 Å². The highest BCUT2D eigenvalue weighted by Crippen LogP contribution is 2.23. The molecule has 7 rings (SSSR count). The third-order valence-electron chi connectivity index (χ3n) is 7.36. The van der Waals surface area contributed by atoms with Crippen LogP contribution in [0.5, 0.6) is 5.88 Å². The van der Waals surface area contributed by atoms with Gasteiger partial charge in [-0.1, -0.05) is 6.92 Å². The summed E-state index contributed by atoms with van der Waals surface area (Å²) in [4.78, 5) is 52.6. The summed E-state index contributed by atoms with van der Waals surface area (Å²) >= 11 is 0. The van der Waals surface area contributed by atoms with Crippen molar-refractivity contribution in [1.29, 1.82) is 0 Å². The smallest absolute Gasteiger partial charge is 0.326 e. The van der Waals surface area contributed by atoms with Gasteiger partial charge in [0.15, 0.2) is 5.65 Å². The standard InChI is InChI=1S/C26H27N11O3/c1-2-34-7-9-35(10-8-34)23(39)15-3-6-20-18(11-15)27-14-36(20)24-31-21-16(12-19-22(38)32-26(40)30-19)13-28-37(21)25(33-24)29-17-4-5-17/h3,6,11-14,17,38H,2,4-5,7-10H2,1H3,(H2,30,32,40). The van der Waals surface area contributed by atoms with Crippen LogP contribution in [0.1, 0.15) is 35.8 Å². The predicted molar refractivity (Wildman–Crippen MR) is 144 cm³/mol. The normalized spacial score (nSPS) is 17.5. The highest BCUT2D eigenvalue weighted by molar-refractivity contribution is 5.97. The maximum atomic E-state index is 13.2. The number of aromatic nitrogens is 8. The molecule has 5 aromatic rings. The summed E-state index contributed by atoms with van der Waals surface area (Å²) < 4.78 is 3.30. The molecule has 2 aliphatic rings. The number of hydrogen-bond donors (Lipinski definition) is 3. The molecular weight excluding hydrogens is 514 g/mol. The average Bonchev–Trinajstić information content (AvgIpc) is 3.39. The van der Waals surface area contributed by atoms with Crippen molar-refractivity contribution in [3.05, 3.63) is 63.3 Å². The van der Waals surface area contributed by atoms with Gasteiger partial charge in [-0.25, -0.2) is 14.8 Å². The number of piperazine rings is 1. The Balaban J connectivity index is 1.30. The van der Waals surface area contributed by atoms with Gasteiger partial charge in [-0.2, -0.15) is 19.6 Å². The van der Waals surface area contributed by atoms with Crippen molar-refractivity contribution < 1.29 is 9.90 Å². The number of imidazole rings is 2. The van der Waals surface area contributed by atoms with E-state index in [4.69, 9.17) is 15.0 Å². The van der Waals surface area contributed by atoms with Crippen molar-refractivity contribution in [3.8, 4) is 11.8 Å². The molecule has 1 aromatic carbocycles. The van der Waals surface area contributed by atoms with Crippen LogP contribution in [0.2, 0.25) is 0 Å². The zero-order valence-corrected chi connectivity index (χ0v) is 21.8. The van der Waals surface area contributed by atoms with Crippen molar-refractivity contribution in [2.24, 2.45) is 4.99 Å². The van der Waals surface area contributed by atoms with Crippen molar-refractivity contribution in [3.63, 3.8) is 0 Å². The third kappa shape index (κ3) is 4.31. The van der Waals surface area contributed by atoms with E-state index in [-0.39, 0.29) is 23.5 Å². The summed E-state index contributed by atoms with van der Waals surface area (Å²) in [6.45, 7) is 6.29. The van der Waals surface area contributed by atoms with Gasteiger partial charge in [-0.05, 0) is 43.7 Å². The van der Waals surface area contributed by atoms with Gasteiger partial charge in [0.1, 0.15) is 12.0 Å². The van der Waals surface area contributed by atoms with Gasteiger partial charge < -0.3 is 19.9 Å². The molecule has 14 nitrogen and oxygen atoms in total. The fraction of sp³-hybridized carbons (Fsp3) is 0.346. The first-order valence-electron chi connectivity index (χ1n) is 13.3. The van der Waals surface area contributed by atoms with Crippen LogP contribution in [0.4, 0.5) is 0 Å². The lowest BCUT2D eigenvalue weighted by atomic mass is 10.1. The van der Waals surface area contributed by atoms with Crippen LogP contribution in [-0.4, -0.2) is 98.7 Å². The summed E-state index contributed by atoms with van der Waals surface area (Å²) in [5.41, 5.74) is 2.52. The zero-order chi connectivity index (χ0) is 27.4. The second-order valence-corrected chi connectivity index (χ2v) is 10.0. The Labute approximate surface area is 226 Å². The molecule has 14 heteroatoms. The highest BCUT2D eigenvalue weighted by atomic mass is 16.3. The van der Waals surface area contributed by atoms with Gasteiger partial charge in [0.2, 0.25) is 11.8 Å². The first-order valence-corrected chi connectivity index (χ1v) is 13.3. The molecule has 0 unspecified atom stereocenters. The molecule has 1 saturated carbocycles. The number of H-pyrrole nitrogens is 2. The second kappa shape index (κ2) is 9.41. The quantitative estimate of drug-likeness (QED) is 0.270. The molecule has 0 bridgehead atoms. The maximum absolute atomic E-state index is 13.2. The summed E-state index contributed by atoms with van der Waals surface area (Å²) in [7, 11) is 0. The Kier molecular flexibility index (Phi) is 5.70. The number of hydrogen-bond acceptors (Lipinski definition) is 9. The highest BCUT2D eigenvalue weighted by Gasteiger charge is 2.23. The SMILES string of the molecule is CCN1CCN(C(=O)c2ccc3c(c2)ncn3-c2nc(=NC3CC3)n3ncc(=Cc4[nH]c(=O)[nH]c4O)c3n2)CC1. The van der Waals surface area contributed by atoms with E-state index in [1.807, 2.05) is 17.0 Å². The zero-order valence-electron chi connectivity index (χ0n) is 21.8. The van der Waals surface area contributed by atoms with E-state index in [2.05, 4.69) is 31.9 Å². The van der Waals surface area contributed by atoms with Gasteiger partial charge in [0, 0.05) is 37.0 Å². The number of aromatic hydroxyl groups is 1. The molecule has 1 amide bonds. The molecule has 4 aromatic heterocycles. The van der Waals surface area contributed by atoms with Crippen LogP contribution in [0, 0.1) is 0 Å². The predicted octanol–water partition coefficient (Wildman–Crippen LogP) is -0.426. The summed E-state index contributed by atoms with van der Waals surface area (Å²) in [6.07, 6.45) is 6.75. The molecule has 2 fully saturated rings. The number of carbonyl (C=O) groups is 1. The molecule has 0 radical (unpaired) electrons. The van der Waals surface area contributed by atoms with E-state index < -0.39 is 5.69 Å². The van der Waals surface area contributed by atoms with Crippen LogP contribution in [0.3, 0.4) is 0 Å². The summed E-state index contributed by atoms with van der Waals surface area (Å²) in [5, 5.41) is 15.0. The lowest BCUT2D eigenvalue weighted by Crippen LogP contribution is -2.48. The van der Waals surface area contributed by atoms with Gasteiger partial charge in [-0.3, -0.25) is 14.3 Å². The monoisotopic (exact) mass is 541 g/mol. The molecule has 40 heavy (non-hydrogen) atoms. The minimum absolute atomic E-state index is 0.000817. The third-order valence-corrected chi connectivity index (χ3v) is 7.36. The van der Waals surface area contributed by atoms with Crippen LogP contribution in [0.15, 0.2) is 40.5 Å². The maximum Gasteiger partial charge on any atom is 0.326 e. The van der Waals surface area contributed by atoms with E-state index in [0.717, 1.165) is 38.0 Å². The number of amides is 1. The number of benzene rings is 1. The van der Waals surface area contributed by atoms with Crippen molar-refractivity contribution in [1.82, 2.24) is 48.9 Å². The molecule has 3 N–H and O–H groups in total. The first kappa shape index (κ1) is 24.2. The van der Waals surface area contributed by atoms with Crippen LogP contribution in [0.25, 0.3) is 28.7 Å². The average molecular weight is 542 g/mol. The number of nitrogens with zero attached hydrogens (tertiary/aromatic N) is 9. The molecule has 0 atom stereocenters. The molecule has 0 spiro atoms. The molecule has 1 aliphatic heterocycles. The number of fused-ring (bicyclic) bond motifs is 2. The van der Waals surface area contributed by atoms with Gasteiger partial charge in [0.05, 0.1) is 23.3 Å². The molecule has 204 valence electrons. The number of likely N-dealkylation sites (N-methyl/N-ethyl adjacent to an activating group) is 1. The second-order valence-electron chi connectivity index (χ2n) is 10.0. The Morgan fingerprint density at radius 2 is 2.00 bits per heavy atom. The van der Waals surface area contributed by atoms with Crippen LogP contribution < -0.4 is 16.5 Å². The summed E-state index contributed by atoms with van der Waals surface area (Å²) in [5.74, 6) is 0.0618. The minimum Gasteiger partial charge on any atom is -0.493 e. The fourth-order valence-electron chi connectivity index (χ4n) is 4.93. The van der Waals surface area contributed by atoms with Crippen molar-refractivity contribution in [2.75, 3.05) is 32.7 Å². The van der Waals surface area contributed by atoms with Crippen LogP contribution in [-0.2, 0) is 0 Å². The number of carbonyl (C=O) groups excluding carboxylic acids is 1. The van der Waals surface area contributed by atoms with E-state index in [1.165, 1.54) is 0 Å². The number of aromatic amines is 2.